The van der Waals surface area contributed by atoms with E-state index in [1.54, 1.807) is 6.07 Å². The molecule has 2 heterocycles. The monoisotopic (exact) mass is 261 g/mol. The molecule has 1 aliphatic heterocycles. The van der Waals surface area contributed by atoms with Gasteiger partial charge in [-0.1, -0.05) is 11.6 Å². The van der Waals surface area contributed by atoms with Crippen LogP contribution < -0.4 is 4.90 Å². The topological polar surface area (TPSA) is 63.2 Å². The number of nitrogens with zero attached hydrogens (tertiary/aromatic N) is 3. The van der Waals surface area contributed by atoms with Crippen molar-refractivity contribution in [2.75, 3.05) is 29.5 Å². The molecule has 5 nitrogen and oxygen atoms in total. The SMILES string of the molecule is Cc1cc(Cl)nc(N2CCS(=O)(=O)CC2)n1. The summed E-state index contributed by atoms with van der Waals surface area (Å²) in [5, 5.41) is 0.385. The zero-order valence-electron chi connectivity index (χ0n) is 8.85. The van der Waals surface area contributed by atoms with Crippen LogP contribution in [0.25, 0.3) is 0 Å². The molecular weight excluding hydrogens is 250 g/mol. The van der Waals surface area contributed by atoms with Crippen LogP contribution >= 0.6 is 11.6 Å². The Kier molecular flexibility index (Phi) is 3.03. The highest BCUT2D eigenvalue weighted by atomic mass is 35.5. The van der Waals surface area contributed by atoms with E-state index in [1.165, 1.54) is 0 Å². The minimum absolute atomic E-state index is 0.155. The fourth-order valence-corrected chi connectivity index (χ4v) is 3.00. The summed E-state index contributed by atoms with van der Waals surface area (Å²) in [5.41, 5.74) is 0.781. The Hall–Kier alpha value is -0.880. The van der Waals surface area contributed by atoms with Crippen molar-refractivity contribution in [3.05, 3.63) is 16.9 Å². The van der Waals surface area contributed by atoms with Gasteiger partial charge in [0.1, 0.15) is 5.15 Å². The lowest BCUT2D eigenvalue weighted by Crippen LogP contribution is -2.41. The smallest absolute Gasteiger partial charge is 0.227 e. The minimum Gasteiger partial charge on any atom is -0.339 e. The highest BCUT2D eigenvalue weighted by Gasteiger charge is 2.23. The van der Waals surface area contributed by atoms with Crippen molar-refractivity contribution in [1.29, 1.82) is 0 Å². The Bertz CT molecular complexity index is 469. The molecule has 7 heteroatoms. The molecule has 0 aromatic carbocycles. The van der Waals surface area contributed by atoms with Gasteiger partial charge in [-0.2, -0.15) is 0 Å². The Morgan fingerprint density at radius 1 is 1.31 bits per heavy atom. The normalized spacial score (nSPS) is 19.8. The largest absolute Gasteiger partial charge is 0.339 e. The number of sulfone groups is 1. The minimum atomic E-state index is -2.87. The summed E-state index contributed by atoms with van der Waals surface area (Å²) in [4.78, 5) is 10.2. The van der Waals surface area contributed by atoms with Gasteiger partial charge in [-0.3, -0.25) is 0 Å². The summed E-state index contributed by atoms with van der Waals surface area (Å²) in [7, 11) is -2.87. The van der Waals surface area contributed by atoms with E-state index in [1.807, 2.05) is 11.8 Å². The fraction of sp³-hybridized carbons (Fsp3) is 0.556. The van der Waals surface area contributed by atoms with E-state index in [0.717, 1.165) is 5.69 Å². The summed E-state index contributed by atoms with van der Waals surface area (Å²) in [5.74, 6) is 0.823. The standard InChI is InChI=1S/C9H12ClN3O2S/c1-7-6-8(10)12-9(11-7)13-2-4-16(14,15)5-3-13/h6H,2-5H2,1H3. The van der Waals surface area contributed by atoms with Crippen molar-refractivity contribution in [2.45, 2.75) is 6.92 Å². The molecule has 88 valence electrons. The first-order valence-electron chi connectivity index (χ1n) is 4.93. The van der Waals surface area contributed by atoms with Crippen LogP contribution in [0.15, 0.2) is 6.07 Å². The van der Waals surface area contributed by atoms with Crippen molar-refractivity contribution in [3.8, 4) is 0 Å². The van der Waals surface area contributed by atoms with Crippen LogP contribution in [0, 0.1) is 6.92 Å². The van der Waals surface area contributed by atoms with Crippen molar-refractivity contribution < 1.29 is 8.42 Å². The molecule has 1 fully saturated rings. The zero-order chi connectivity index (χ0) is 11.8. The molecule has 0 bridgehead atoms. The van der Waals surface area contributed by atoms with Gasteiger partial charge in [0.05, 0.1) is 11.5 Å². The molecule has 0 spiro atoms. The number of halogens is 1. The third kappa shape index (κ3) is 2.62. The number of anilines is 1. The van der Waals surface area contributed by atoms with E-state index in [0.29, 0.717) is 24.2 Å². The molecule has 1 saturated heterocycles. The highest BCUT2D eigenvalue weighted by molar-refractivity contribution is 7.91. The predicted molar refractivity (Wildman–Crippen MR) is 62.6 cm³/mol. The van der Waals surface area contributed by atoms with Gasteiger partial charge in [0.15, 0.2) is 9.84 Å². The van der Waals surface area contributed by atoms with Crippen molar-refractivity contribution in [2.24, 2.45) is 0 Å². The second-order valence-corrected chi connectivity index (χ2v) is 6.46. The van der Waals surface area contributed by atoms with Gasteiger partial charge in [0.2, 0.25) is 5.95 Å². The van der Waals surface area contributed by atoms with E-state index >= 15 is 0 Å². The van der Waals surface area contributed by atoms with Crippen LogP contribution in [0.5, 0.6) is 0 Å². The summed E-state index contributed by atoms with van der Waals surface area (Å²) >= 11 is 5.83. The third-order valence-electron chi connectivity index (χ3n) is 2.44. The quantitative estimate of drug-likeness (QED) is 0.696. The molecular formula is C9H12ClN3O2S. The van der Waals surface area contributed by atoms with Gasteiger partial charge in [0.25, 0.3) is 0 Å². The molecule has 0 N–H and O–H groups in total. The van der Waals surface area contributed by atoms with E-state index in [-0.39, 0.29) is 11.5 Å². The lowest BCUT2D eigenvalue weighted by molar-refractivity contribution is 0.585. The van der Waals surface area contributed by atoms with Crippen molar-refractivity contribution >= 4 is 27.4 Å². The number of rotatable bonds is 1. The van der Waals surface area contributed by atoms with Crippen LogP contribution in [0.2, 0.25) is 5.15 Å². The van der Waals surface area contributed by atoms with Crippen molar-refractivity contribution in [3.63, 3.8) is 0 Å². The maximum Gasteiger partial charge on any atom is 0.227 e. The van der Waals surface area contributed by atoms with Crippen LogP contribution in [0.3, 0.4) is 0 Å². The first-order chi connectivity index (χ1) is 7.46. The van der Waals surface area contributed by atoms with Crippen LogP contribution in [0.1, 0.15) is 5.69 Å². The van der Waals surface area contributed by atoms with Crippen LogP contribution in [-0.2, 0) is 9.84 Å². The maximum atomic E-state index is 11.3. The fourth-order valence-electron chi connectivity index (χ4n) is 1.57. The summed E-state index contributed by atoms with van der Waals surface area (Å²) in [6.07, 6.45) is 0. The average Bonchev–Trinajstić information content (AvgIpc) is 2.15. The highest BCUT2D eigenvalue weighted by Crippen LogP contribution is 2.16. The van der Waals surface area contributed by atoms with Gasteiger partial charge in [-0.05, 0) is 13.0 Å². The Labute approximate surface area is 99.4 Å². The van der Waals surface area contributed by atoms with Crippen molar-refractivity contribution in [1.82, 2.24) is 9.97 Å². The predicted octanol–water partition coefficient (Wildman–Crippen LogP) is 0.673. The molecule has 1 aromatic heterocycles. The summed E-state index contributed by atoms with van der Waals surface area (Å²) in [6, 6.07) is 1.67. The van der Waals surface area contributed by atoms with E-state index < -0.39 is 9.84 Å². The first-order valence-corrected chi connectivity index (χ1v) is 7.13. The van der Waals surface area contributed by atoms with Gasteiger partial charge in [-0.15, -0.1) is 0 Å². The second kappa shape index (κ2) is 4.18. The lowest BCUT2D eigenvalue weighted by atomic mass is 10.4. The molecule has 2 rings (SSSR count). The Morgan fingerprint density at radius 2 is 1.94 bits per heavy atom. The molecule has 16 heavy (non-hydrogen) atoms. The molecule has 1 aliphatic rings. The molecule has 0 saturated carbocycles. The maximum absolute atomic E-state index is 11.3. The van der Waals surface area contributed by atoms with Gasteiger partial charge in [0, 0.05) is 18.8 Å². The zero-order valence-corrected chi connectivity index (χ0v) is 10.4. The summed E-state index contributed by atoms with van der Waals surface area (Å²) in [6.45, 7) is 2.70. The molecule has 0 atom stereocenters. The molecule has 0 aliphatic carbocycles. The number of hydrogen-bond acceptors (Lipinski definition) is 5. The van der Waals surface area contributed by atoms with Crippen LogP contribution in [-0.4, -0.2) is 43.0 Å². The van der Waals surface area contributed by atoms with E-state index in [4.69, 9.17) is 11.6 Å². The Balaban J connectivity index is 2.20. The van der Waals surface area contributed by atoms with Gasteiger partial charge >= 0.3 is 0 Å². The van der Waals surface area contributed by atoms with E-state index in [2.05, 4.69) is 9.97 Å². The lowest BCUT2D eigenvalue weighted by Gasteiger charge is -2.26. The Morgan fingerprint density at radius 3 is 2.50 bits per heavy atom. The third-order valence-corrected chi connectivity index (χ3v) is 4.24. The number of hydrogen-bond donors (Lipinski definition) is 0. The summed E-state index contributed by atoms with van der Waals surface area (Å²) < 4.78 is 22.5. The molecule has 0 unspecified atom stereocenters. The van der Waals surface area contributed by atoms with Gasteiger partial charge in [-0.25, -0.2) is 18.4 Å². The van der Waals surface area contributed by atoms with Gasteiger partial charge < -0.3 is 4.90 Å². The van der Waals surface area contributed by atoms with E-state index in [9.17, 15) is 8.42 Å². The average molecular weight is 262 g/mol. The molecule has 0 amide bonds. The number of aryl methyl sites for hydroxylation is 1. The second-order valence-electron chi connectivity index (χ2n) is 3.77. The van der Waals surface area contributed by atoms with Crippen LogP contribution in [0.4, 0.5) is 5.95 Å². The first kappa shape index (κ1) is 11.6. The molecule has 0 radical (unpaired) electrons. The number of aromatic nitrogens is 2. The molecule has 1 aromatic rings.